The summed E-state index contributed by atoms with van der Waals surface area (Å²) in [5.74, 6) is -2.08. The van der Waals surface area contributed by atoms with Crippen molar-refractivity contribution in [2.24, 2.45) is 0 Å². The van der Waals surface area contributed by atoms with E-state index in [1.807, 2.05) is 0 Å². The number of hydrogen-bond donors (Lipinski definition) is 3. The molecule has 0 aliphatic carbocycles. The fourth-order valence-electron chi connectivity index (χ4n) is 0.764. The van der Waals surface area contributed by atoms with Gasteiger partial charge in [0.15, 0.2) is 0 Å². The predicted octanol–water partition coefficient (Wildman–Crippen LogP) is 0.288. The Labute approximate surface area is 85.9 Å². The van der Waals surface area contributed by atoms with Crippen molar-refractivity contribution in [1.82, 2.24) is 4.90 Å². The van der Waals surface area contributed by atoms with Crippen LogP contribution in [0.1, 0.15) is 12.8 Å². The van der Waals surface area contributed by atoms with Gasteiger partial charge in [0.1, 0.15) is 0 Å². The summed E-state index contributed by atoms with van der Waals surface area (Å²) in [5, 5.41) is 16.1. The van der Waals surface area contributed by atoms with Gasteiger partial charge in [0.2, 0.25) is 0 Å². The molecule has 2 N–H and O–H groups in total. The number of aliphatic carboxylic acids is 2. The Morgan fingerprint density at radius 3 is 1.57 bits per heavy atom. The van der Waals surface area contributed by atoms with Gasteiger partial charge in [-0.3, -0.25) is 14.4 Å². The van der Waals surface area contributed by atoms with Crippen molar-refractivity contribution in [2.45, 2.75) is 12.8 Å². The molecule has 0 heterocycles. The quantitative estimate of drug-likeness (QED) is 0.560. The molecule has 0 atom stereocenters. The van der Waals surface area contributed by atoms with Gasteiger partial charge in [0, 0.05) is 13.1 Å². The first kappa shape index (κ1) is 12.8. The Bertz CT molecular complexity index is 224. The number of nitrogens with zero attached hydrogens (tertiary/aromatic N) is 1. The van der Waals surface area contributed by atoms with Crippen LogP contribution >= 0.6 is 12.6 Å². The van der Waals surface area contributed by atoms with E-state index in [9.17, 15) is 14.4 Å². The second kappa shape index (κ2) is 6.25. The summed E-state index contributed by atoms with van der Waals surface area (Å²) >= 11 is 3.50. The largest absolute Gasteiger partial charge is 0.481 e. The maximum Gasteiger partial charge on any atom is 0.305 e. The molecule has 0 bridgehead atoms. The highest BCUT2D eigenvalue weighted by Crippen LogP contribution is 1.99. The fourth-order valence-corrected chi connectivity index (χ4v) is 0.964. The molecule has 0 saturated heterocycles. The normalized spacial score (nSPS) is 9.50. The van der Waals surface area contributed by atoms with Gasteiger partial charge in [-0.25, -0.2) is 0 Å². The molecule has 7 heteroatoms. The molecule has 0 saturated carbocycles. The number of carbonyl (C=O) groups excluding carboxylic acids is 1. The van der Waals surface area contributed by atoms with Crippen molar-refractivity contribution in [3.8, 4) is 0 Å². The number of thiol groups is 1. The summed E-state index contributed by atoms with van der Waals surface area (Å²) in [6.07, 6.45) is -0.433. The van der Waals surface area contributed by atoms with Crippen LogP contribution in [0.15, 0.2) is 0 Å². The average molecular weight is 221 g/mol. The lowest BCUT2D eigenvalue weighted by atomic mass is 10.3. The number of amides is 1. The number of hydrogen-bond acceptors (Lipinski definition) is 3. The van der Waals surface area contributed by atoms with Crippen molar-refractivity contribution in [2.75, 3.05) is 13.1 Å². The summed E-state index contributed by atoms with van der Waals surface area (Å²) in [4.78, 5) is 32.2. The van der Waals surface area contributed by atoms with E-state index in [-0.39, 0.29) is 25.9 Å². The van der Waals surface area contributed by atoms with Crippen LogP contribution in [-0.2, 0) is 9.59 Å². The molecule has 0 unspecified atom stereocenters. The van der Waals surface area contributed by atoms with Gasteiger partial charge in [-0.2, -0.15) is 0 Å². The fraction of sp³-hybridized carbons (Fsp3) is 0.571. The van der Waals surface area contributed by atoms with Gasteiger partial charge >= 0.3 is 11.9 Å². The monoisotopic (exact) mass is 221 g/mol. The van der Waals surface area contributed by atoms with Crippen LogP contribution in [0.2, 0.25) is 0 Å². The highest BCUT2D eigenvalue weighted by atomic mass is 32.1. The highest BCUT2D eigenvalue weighted by Gasteiger charge is 2.12. The molecule has 80 valence electrons. The summed E-state index contributed by atoms with van der Waals surface area (Å²) in [6.45, 7) is -0.0457. The molecule has 1 amide bonds. The van der Waals surface area contributed by atoms with Crippen molar-refractivity contribution >= 4 is 29.8 Å². The van der Waals surface area contributed by atoms with Crippen molar-refractivity contribution in [3.63, 3.8) is 0 Å². The number of carbonyl (C=O) groups is 3. The third-order valence-corrected chi connectivity index (χ3v) is 1.74. The van der Waals surface area contributed by atoms with E-state index in [1.54, 1.807) is 0 Å². The molecule has 0 aliphatic rings. The zero-order valence-electron chi connectivity index (χ0n) is 7.34. The third kappa shape index (κ3) is 6.30. The first-order valence-corrected chi connectivity index (χ1v) is 4.29. The van der Waals surface area contributed by atoms with Gasteiger partial charge in [0.25, 0.3) is 5.24 Å². The second-order valence-corrected chi connectivity index (χ2v) is 2.94. The van der Waals surface area contributed by atoms with Crippen LogP contribution in [0.4, 0.5) is 4.79 Å². The molecule has 0 aromatic heterocycles. The van der Waals surface area contributed by atoms with Crippen LogP contribution in [0.3, 0.4) is 0 Å². The summed E-state index contributed by atoms with van der Waals surface area (Å²) in [7, 11) is 0. The molecule has 6 nitrogen and oxygen atoms in total. The zero-order chi connectivity index (χ0) is 11.1. The number of rotatable bonds is 6. The molecular weight excluding hydrogens is 210 g/mol. The summed E-state index contributed by atoms with van der Waals surface area (Å²) in [6, 6.07) is 0. The highest BCUT2D eigenvalue weighted by molar-refractivity contribution is 7.96. The maximum atomic E-state index is 10.8. The lowest BCUT2D eigenvalue weighted by Gasteiger charge is -2.17. The van der Waals surface area contributed by atoms with Crippen molar-refractivity contribution < 1.29 is 24.6 Å². The van der Waals surface area contributed by atoms with Crippen LogP contribution in [0.25, 0.3) is 0 Å². The molecule has 0 fully saturated rings. The molecular formula is C7H11NO5S. The Balaban J connectivity index is 3.96. The standard InChI is InChI=1S/C7H11NO5S/c9-5(10)1-3-8(7(13)14)4-2-6(11)12/h1-4H2,(H,9,10)(H,11,12)(H,13,14). The Morgan fingerprint density at radius 1 is 1.00 bits per heavy atom. The van der Waals surface area contributed by atoms with Crippen LogP contribution in [0.5, 0.6) is 0 Å². The molecule has 0 spiro atoms. The minimum atomic E-state index is -1.04. The Morgan fingerprint density at radius 2 is 1.36 bits per heavy atom. The van der Waals surface area contributed by atoms with E-state index in [4.69, 9.17) is 10.2 Å². The Kier molecular flexibility index (Phi) is 5.70. The smallest absolute Gasteiger partial charge is 0.305 e. The van der Waals surface area contributed by atoms with E-state index >= 15 is 0 Å². The van der Waals surface area contributed by atoms with Gasteiger partial charge in [-0.1, -0.05) is 12.6 Å². The third-order valence-electron chi connectivity index (χ3n) is 1.46. The SMILES string of the molecule is O=C(O)CCN(CCC(=O)O)C(=O)S. The van der Waals surface area contributed by atoms with E-state index in [0.717, 1.165) is 4.90 Å². The molecule has 0 radical (unpaired) electrons. The van der Waals surface area contributed by atoms with Gasteiger partial charge in [-0.05, 0) is 0 Å². The first-order valence-electron chi connectivity index (χ1n) is 3.85. The zero-order valence-corrected chi connectivity index (χ0v) is 8.24. The number of carboxylic acids is 2. The first-order chi connectivity index (χ1) is 6.43. The molecule has 0 aromatic rings. The van der Waals surface area contributed by atoms with E-state index in [1.165, 1.54) is 0 Å². The van der Waals surface area contributed by atoms with Crippen molar-refractivity contribution in [3.05, 3.63) is 0 Å². The molecule has 0 aliphatic heterocycles. The average Bonchev–Trinajstić information content (AvgIpc) is 2.02. The maximum absolute atomic E-state index is 10.8. The van der Waals surface area contributed by atoms with Crippen molar-refractivity contribution in [1.29, 1.82) is 0 Å². The topological polar surface area (TPSA) is 94.9 Å². The predicted molar refractivity (Wildman–Crippen MR) is 50.5 cm³/mol. The lowest BCUT2D eigenvalue weighted by molar-refractivity contribution is -0.137. The van der Waals surface area contributed by atoms with E-state index in [0.29, 0.717) is 0 Å². The minimum Gasteiger partial charge on any atom is -0.481 e. The van der Waals surface area contributed by atoms with Crippen LogP contribution < -0.4 is 0 Å². The lowest BCUT2D eigenvalue weighted by Crippen LogP contribution is -2.31. The minimum absolute atomic E-state index is 0.0229. The molecule has 0 rings (SSSR count). The van der Waals surface area contributed by atoms with Gasteiger partial charge in [0.05, 0.1) is 12.8 Å². The summed E-state index contributed by atoms with van der Waals surface area (Å²) < 4.78 is 0. The van der Waals surface area contributed by atoms with E-state index in [2.05, 4.69) is 12.6 Å². The van der Waals surface area contributed by atoms with E-state index < -0.39 is 17.2 Å². The molecule has 0 aromatic carbocycles. The molecule has 14 heavy (non-hydrogen) atoms. The Hall–Kier alpha value is -1.24. The van der Waals surface area contributed by atoms with Crippen LogP contribution in [-0.4, -0.2) is 45.4 Å². The van der Waals surface area contributed by atoms with Gasteiger partial charge in [-0.15, -0.1) is 0 Å². The van der Waals surface area contributed by atoms with Crippen LogP contribution in [0, 0.1) is 0 Å². The summed E-state index contributed by atoms with van der Waals surface area (Å²) in [5.41, 5.74) is 0. The second-order valence-electron chi connectivity index (χ2n) is 2.56. The number of carboxylic acid groups (broad SMARTS) is 2. The van der Waals surface area contributed by atoms with Gasteiger partial charge < -0.3 is 15.1 Å².